The van der Waals surface area contributed by atoms with E-state index in [9.17, 15) is 13.2 Å². The first-order valence-electron chi connectivity index (χ1n) is 10.4. The lowest BCUT2D eigenvalue weighted by molar-refractivity contribution is -0.121. The van der Waals surface area contributed by atoms with Crippen molar-refractivity contribution in [2.45, 2.75) is 44.0 Å². The number of anilines is 2. The number of carbonyl (C=O) groups is 1. The molecule has 1 amide bonds. The highest BCUT2D eigenvalue weighted by atomic mass is 35.5. The van der Waals surface area contributed by atoms with E-state index in [1.165, 1.54) is 17.0 Å². The number of nitrogens with one attached hydrogen (secondary N) is 1. The molecule has 1 aliphatic carbocycles. The Morgan fingerprint density at radius 1 is 1.21 bits per heavy atom. The van der Waals surface area contributed by atoms with Crippen molar-refractivity contribution in [3.05, 3.63) is 58.2 Å². The van der Waals surface area contributed by atoms with Gasteiger partial charge in [-0.15, -0.1) is 0 Å². The van der Waals surface area contributed by atoms with Crippen LogP contribution in [0.5, 0.6) is 5.75 Å². The summed E-state index contributed by atoms with van der Waals surface area (Å²) in [5.41, 5.74) is 2.60. The summed E-state index contributed by atoms with van der Waals surface area (Å²) in [6.45, 7) is 3.57. The van der Waals surface area contributed by atoms with Crippen LogP contribution >= 0.6 is 11.6 Å². The largest absolute Gasteiger partial charge is 0.482 e. The van der Waals surface area contributed by atoms with Crippen LogP contribution in [-0.4, -0.2) is 31.1 Å². The van der Waals surface area contributed by atoms with E-state index < -0.39 is 10.0 Å². The van der Waals surface area contributed by atoms with Crippen molar-refractivity contribution >= 4 is 38.9 Å². The highest BCUT2D eigenvalue weighted by molar-refractivity contribution is 7.92. The number of ether oxygens (including phenoxy) is 1. The van der Waals surface area contributed by atoms with Gasteiger partial charge in [-0.1, -0.05) is 34.5 Å². The molecule has 0 unspecified atom stereocenters. The number of sulfonamides is 1. The summed E-state index contributed by atoms with van der Waals surface area (Å²) < 4.78 is 39.6. The van der Waals surface area contributed by atoms with Crippen molar-refractivity contribution in [1.29, 1.82) is 0 Å². The predicted molar refractivity (Wildman–Crippen MR) is 121 cm³/mol. The van der Waals surface area contributed by atoms with Crippen molar-refractivity contribution in [2.75, 3.05) is 16.2 Å². The molecule has 5 rings (SSSR count). The first-order valence-corrected chi connectivity index (χ1v) is 12.3. The summed E-state index contributed by atoms with van der Waals surface area (Å²) in [6, 6.07) is 8.14. The topological polar surface area (TPSA) is 115 Å². The van der Waals surface area contributed by atoms with Crippen LogP contribution in [0.2, 0.25) is 5.02 Å². The number of aromatic nitrogens is 2. The lowest BCUT2D eigenvalue weighted by Crippen LogP contribution is -2.38. The Morgan fingerprint density at radius 3 is 2.73 bits per heavy atom. The number of benzene rings is 2. The lowest BCUT2D eigenvalue weighted by Gasteiger charge is -2.29. The molecule has 0 bridgehead atoms. The Morgan fingerprint density at radius 2 is 2.00 bits per heavy atom. The zero-order chi connectivity index (χ0) is 23.3. The van der Waals surface area contributed by atoms with Crippen molar-refractivity contribution in [3.63, 3.8) is 0 Å². The SMILES string of the molecule is Cc1ccc(NS(=O)(=O)c2cc3c(cc2Cl)N(Cc2noc(C4CC4)n2)C(=O)CO3)c(C)c1. The molecule has 0 spiro atoms. The number of hydrogen-bond donors (Lipinski definition) is 1. The Kier molecular flexibility index (Phi) is 5.29. The molecule has 33 heavy (non-hydrogen) atoms. The fourth-order valence-electron chi connectivity index (χ4n) is 3.68. The van der Waals surface area contributed by atoms with Crippen LogP contribution in [0.1, 0.15) is 41.6 Å². The molecule has 2 aromatic carbocycles. The van der Waals surface area contributed by atoms with Gasteiger partial charge >= 0.3 is 0 Å². The van der Waals surface area contributed by atoms with E-state index in [0.29, 0.717) is 29.0 Å². The van der Waals surface area contributed by atoms with Crippen LogP contribution in [0.15, 0.2) is 39.8 Å². The van der Waals surface area contributed by atoms with E-state index in [-0.39, 0.29) is 34.7 Å². The van der Waals surface area contributed by atoms with E-state index in [1.54, 1.807) is 6.07 Å². The van der Waals surface area contributed by atoms with Gasteiger partial charge in [0.15, 0.2) is 12.4 Å². The fraction of sp³-hybridized carbons (Fsp3) is 0.318. The van der Waals surface area contributed by atoms with Crippen LogP contribution in [0.25, 0.3) is 0 Å². The molecule has 3 aromatic rings. The minimum absolute atomic E-state index is 0.0407. The van der Waals surface area contributed by atoms with Crippen LogP contribution in [0, 0.1) is 13.8 Å². The normalized spacial score (nSPS) is 15.8. The highest BCUT2D eigenvalue weighted by Gasteiger charge is 2.33. The first-order chi connectivity index (χ1) is 15.7. The molecular formula is C22H21ClN4O5S. The number of amides is 1. The van der Waals surface area contributed by atoms with Gasteiger partial charge in [0.1, 0.15) is 10.6 Å². The number of fused-ring (bicyclic) bond motifs is 1. The number of halogens is 1. The number of nitrogens with zero attached hydrogens (tertiary/aromatic N) is 3. The third-order valence-corrected chi connectivity index (χ3v) is 7.41. The Bertz CT molecular complexity index is 1370. The molecule has 1 fully saturated rings. The zero-order valence-corrected chi connectivity index (χ0v) is 19.5. The van der Waals surface area contributed by atoms with Gasteiger partial charge in [-0.05, 0) is 44.4 Å². The molecule has 172 valence electrons. The molecule has 2 heterocycles. The maximum atomic E-state index is 13.1. The Hall–Kier alpha value is -3.11. The molecular weight excluding hydrogens is 468 g/mol. The molecule has 9 nitrogen and oxygen atoms in total. The average Bonchev–Trinajstić information content (AvgIpc) is 3.50. The maximum absolute atomic E-state index is 13.1. The third kappa shape index (κ3) is 4.28. The number of hydrogen-bond acceptors (Lipinski definition) is 7. The van der Waals surface area contributed by atoms with Gasteiger partial charge in [0.2, 0.25) is 5.89 Å². The van der Waals surface area contributed by atoms with Gasteiger partial charge in [-0.3, -0.25) is 14.4 Å². The van der Waals surface area contributed by atoms with Crippen molar-refractivity contribution in [2.24, 2.45) is 0 Å². The monoisotopic (exact) mass is 488 g/mol. The quantitative estimate of drug-likeness (QED) is 0.558. The number of carbonyl (C=O) groups excluding carboxylic acids is 1. The van der Waals surface area contributed by atoms with Crippen LogP contribution in [0.3, 0.4) is 0 Å². The standard InChI is InChI=1S/C22H21ClN4O5S/c1-12-3-6-16(13(2)7-12)26-33(29,30)19-9-18-17(8-15(19)23)27(21(28)11-31-18)10-20-24-22(32-25-20)14-4-5-14/h3,6-9,14,26H,4-5,10-11H2,1-2H3. The molecule has 1 aromatic heterocycles. The fourth-order valence-corrected chi connectivity index (χ4v) is 5.35. The minimum Gasteiger partial charge on any atom is -0.482 e. The van der Waals surface area contributed by atoms with Gasteiger partial charge < -0.3 is 9.26 Å². The molecule has 2 aliphatic rings. The smallest absolute Gasteiger partial charge is 0.265 e. The predicted octanol–water partition coefficient (Wildman–Crippen LogP) is 3.94. The molecule has 1 saturated carbocycles. The maximum Gasteiger partial charge on any atom is 0.265 e. The third-order valence-electron chi connectivity index (χ3n) is 5.58. The van der Waals surface area contributed by atoms with E-state index in [4.69, 9.17) is 20.9 Å². The van der Waals surface area contributed by atoms with Gasteiger partial charge in [0.05, 0.1) is 22.9 Å². The number of aryl methyl sites for hydroxylation is 2. The van der Waals surface area contributed by atoms with Gasteiger partial charge in [-0.2, -0.15) is 4.98 Å². The molecule has 0 atom stereocenters. The molecule has 0 saturated heterocycles. The summed E-state index contributed by atoms with van der Waals surface area (Å²) in [5, 5.41) is 3.92. The summed E-state index contributed by atoms with van der Waals surface area (Å²) >= 11 is 6.38. The average molecular weight is 489 g/mol. The van der Waals surface area contributed by atoms with Crippen LogP contribution in [-0.2, 0) is 21.4 Å². The van der Waals surface area contributed by atoms with Crippen molar-refractivity contribution in [1.82, 2.24) is 10.1 Å². The van der Waals surface area contributed by atoms with Gasteiger partial charge in [-0.25, -0.2) is 8.42 Å². The minimum atomic E-state index is -4.01. The molecule has 0 radical (unpaired) electrons. The van der Waals surface area contributed by atoms with Gasteiger partial charge in [0, 0.05) is 12.0 Å². The van der Waals surface area contributed by atoms with E-state index in [2.05, 4.69) is 14.9 Å². The molecule has 1 aliphatic heterocycles. The van der Waals surface area contributed by atoms with E-state index in [1.807, 2.05) is 26.0 Å². The second-order valence-electron chi connectivity index (χ2n) is 8.27. The summed E-state index contributed by atoms with van der Waals surface area (Å²) in [5.74, 6) is 1.14. The van der Waals surface area contributed by atoms with Crippen LogP contribution in [0.4, 0.5) is 11.4 Å². The summed E-state index contributed by atoms with van der Waals surface area (Å²) in [4.78, 5) is 18.2. The first kappa shape index (κ1) is 21.7. The summed E-state index contributed by atoms with van der Waals surface area (Å²) in [7, 11) is -4.01. The van der Waals surface area contributed by atoms with E-state index >= 15 is 0 Å². The highest BCUT2D eigenvalue weighted by Crippen LogP contribution is 2.41. The second kappa shape index (κ2) is 8.03. The Labute approximate surface area is 195 Å². The van der Waals surface area contributed by atoms with Gasteiger partial charge in [0.25, 0.3) is 15.9 Å². The van der Waals surface area contributed by atoms with E-state index in [0.717, 1.165) is 24.0 Å². The van der Waals surface area contributed by atoms with Crippen molar-refractivity contribution < 1.29 is 22.5 Å². The molecule has 11 heteroatoms. The number of rotatable bonds is 6. The van der Waals surface area contributed by atoms with Crippen LogP contribution < -0.4 is 14.4 Å². The lowest BCUT2D eigenvalue weighted by atomic mass is 10.1. The summed E-state index contributed by atoms with van der Waals surface area (Å²) in [6.07, 6.45) is 2.04. The Balaban J connectivity index is 1.45. The molecule has 1 N–H and O–H groups in total. The second-order valence-corrected chi connectivity index (χ2v) is 10.3. The zero-order valence-electron chi connectivity index (χ0n) is 18.0. The van der Waals surface area contributed by atoms with Crippen molar-refractivity contribution in [3.8, 4) is 5.75 Å².